The maximum atomic E-state index is 4.48. The second-order valence-corrected chi connectivity index (χ2v) is 4.07. The predicted molar refractivity (Wildman–Crippen MR) is 50.5 cm³/mol. The SMILES string of the molecule is c1nn(C2CC2)c2c1CNCCC2. The molecule has 1 N–H and O–H groups in total. The quantitative estimate of drug-likeness (QED) is 0.699. The number of hydrogen-bond donors (Lipinski definition) is 1. The first-order valence-corrected chi connectivity index (χ1v) is 5.21. The lowest BCUT2D eigenvalue weighted by atomic mass is 10.2. The Bertz CT molecular complexity index is 312. The van der Waals surface area contributed by atoms with Crippen LogP contribution >= 0.6 is 0 Å². The first-order valence-electron chi connectivity index (χ1n) is 5.21. The Balaban J connectivity index is 1.98. The predicted octanol–water partition coefficient (Wildman–Crippen LogP) is 1.25. The van der Waals surface area contributed by atoms with Gasteiger partial charge >= 0.3 is 0 Å². The van der Waals surface area contributed by atoms with Gasteiger partial charge in [0.15, 0.2) is 0 Å². The first-order chi connectivity index (χ1) is 6.45. The van der Waals surface area contributed by atoms with Gasteiger partial charge < -0.3 is 5.32 Å². The van der Waals surface area contributed by atoms with E-state index in [9.17, 15) is 0 Å². The standard InChI is InChI=1S/C10H15N3/c1-2-10-8(6-11-5-1)7-12-13(10)9-3-4-9/h7,9,11H,1-6H2. The molecule has 1 aromatic rings. The Morgan fingerprint density at radius 2 is 2.38 bits per heavy atom. The third kappa shape index (κ3) is 1.27. The Labute approximate surface area is 78.1 Å². The van der Waals surface area contributed by atoms with Crippen LogP contribution in [0, 0.1) is 0 Å². The van der Waals surface area contributed by atoms with Gasteiger partial charge in [-0.05, 0) is 32.2 Å². The van der Waals surface area contributed by atoms with Gasteiger partial charge in [0, 0.05) is 17.8 Å². The molecule has 0 unspecified atom stereocenters. The van der Waals surface area contributed by atoms with Crippen molar-refractivity contribution >= 4 is 0 Å². The van der Waals surface area contributed by atoms with E-state index >= 15 is 0 Å². The minimum absolute atomic E-state index is 0.738. The lowest BCUT2D eigenvalue weighted by molar-refractivity contribution is 0.594. The molecule has 3 rings (SSSR count). The van der Waals surface area contributed by atoms with E-state index in [0.29, 0.717) is 0 Å². The number of nitrogens with one attached hydrogen (secondary N) is 1. The van der Waals surface area contributed by atoms with Crippen LogP contribution in [0.15, 0.2) is 6.20 Å². The third-order valence-corrected chi connectivity index (χ3v) is 2.96. The topological polar surface area (TPSA) is 29.9 Å². The highest BCUT2D eigenvalue weighted by Gasteiger charge is 2.27. The molecule has 0 bridgehead atoms. The fraction of sp³-hybridized carbons (Fsp3) is 0.700. The summed E-state index contributed by atoms with van der Waals surface area (Å²) < 4.78 is 2.27. The van der Waals surface area contributed by atoms with Gasteiger partial charge in [-0.1, -0.05) is 0 Å². The van der Waals surface area contributed by atoms with Crippen LogP contribution in [0.3, 0.4) is 0 Å². The van der Waals surface area contributed by atoms with Gasteiger partial charge in [0.25, 0.3) is 0 Å². The molecule has 70 valence electrons. The Hall–Kier alpha value is -0.830. The molecule has 13 heavy (non-hydrogen) atoms. The van der Waals surface area contributed by atoms with Gasteiger partial charge in [0.2, 0.25) is 0 Å². The minimum atomic E-state index is 0.738. The molecule has 1 aromatic heterocycles. The number of fused-ring (bicyclic) bond motifs is 1. The van der Waals surface area contributed by atoms with E-state index in [0.717, 1.165) is 19.1 Å². The van der Waals surface area contributed by atoms with Crippen molar-refractivity contribution in [3.8, 4) is 0 Å². The number of rotatable bonds is 1. The van der Waals surface area contributed by atoms with Gasteiger partial charge in [-0.3, -0.25) is 4.68 Å². The lowest BCUT2D eigenvalue weighted by Crippen LogP contribution is -2.11. The zero-order valence-electron chi connectivity index (χ0n) is 7.79. The molecule has 0 saturated heterocycles. The van der Waals surface area contributed by atoms with E-state index in [1.54, 1.807) is 0 Å². The second-order valence-electron chi connectivity index (χ2n) is 4.07. The summed E-state index contributed by atoms with van der Waals surface area (Å²) in [6.07, 6.45) is 7.18. The average molecular weight is 177 g/mol. The molecule has 1 fully saturated rings. The van der Waals surface area contributed by atoms with Gasteiger partial charge in [-0.2, -0.15) is 5.10 Å². The van der Waals surface area contributed by atoms with Crippen molar-refractivity contribution in [2.45, 2.75) is 38.3 Å². The van der Waals surface area contributed by atoms with Crippen LogP contribution in [-0.4, -0.2) is 16.3 Å². The number of hydrogen-bond acceptors (Lipinski definition) is 2. The fourth-order valence-electron chi connectivity index (χ4n) is 2.08. The summed E-state index contributed by atoms with van der Waals surface area (Å²) in [5.74, 6) is 0. The summed E-state index contributed by atoms with van der Waals surface area (Å²) in [6.45, 7) is 2.17. The molecule has 0 aromatic carbocycles. The smallest absolute Gasteiger partial charge is 0.0537 e. The zero-order valence-corrected chi connectivity index (χ0v) is 7.79. The molecule has 3 nitrogen and oxygen atoms in total. The van der Waals surface area contributed by atoms with E-state index in [-0.39, 0.29) is 0 Å². The van der Waals surface area contributed by atoms with Crippen molar-refractivity contribution in [1.82, 2.24) is 15.1 Å². The fourth-order valence-corrected chi connectivity index (χ4v) is 2.08. The molecule has 0 amide bonds. The van der Waals surface area contributed by atoms with Gasteiger partial charge in [-0.15, -0.1) is 0 Å². The lowest BCUT2D eigenvalue weighted by Gasteiger charge is -2.04. The van der Waals surface area contributed by atoms with Gasteiger partial charge in [-0.25, -0.2) is 0 Å². The first kappa shape index (κ1) is 7.56. The normalized spacial score (nSPS) is 22.5. The molecule has 2 aliphatic rings. The largest absolute Gasteiger partial charge is 0.313 e. The molecular weight excluding hydrogens is 162 g/mol. The number of nitrogens with zero attached hydrogens (tertiary/aromatic N) is 2. The Morgan fingerprint density at radius 3 is 3.23 bits per heavy atom. The third-order valence-electron chi connectivity index (χ3n) is 2.96. The molecule has 0 atom stereocenters. The molecule has 1 aliphatic carbocycles. The maximum Gasteiger partial charge on any atom is 0.0537 e. The van der Waals surface area contributed by atoms with Crippen LogP contribution in [0.2, 0.25) is 0 Å². The van der Waals surface area contributed by atoms with E-state index < -0.39 is 0 Å². The van der Waals surface area contributed by atoms with E-state index in [4.69, 9.17) is 0 Å². The van der Waals surface area contributed by atoms with Crippen molar-refractivity contribution in [2.24, 2.45) is 0 Å². The summed E-state index contributed by atoms with van der Waals surface area (Å²) in [4.78, 5) is 0. The highest BCUT2D eigenvalue weighted by atomic mass is 15.3. The summed E-state index contributed by atoms with van der Waals surface area (Å²) in [6, 6.07) is 0.738. The van der Waals surface area contributed by atoms with Crippen LogP contribution in [0.4, 0.5) is 0 Å². The Morgan fingerprint density at radius 1 is 1.46 bits per heavy atom. The van der Waals surface area contributed by atoms with Crippen molar-refractivity contribution < 1.29 is 0 Å². The van der Waals surface area contributed by atoms with Crippen molar-refractivity contribution in [2.75, 3.05) is 6.54 Å². The molecular formula is C10H15N3. The van der Waals surface area contributed by atoms with Crippen LogP contribution in [0.25, 0.3) is 0 Å². The van der Waals surface area contributed by atoms with Crippen molar-refractivity contribution in [3.05, 3.63) is 17.5 Å². The summed E-state index contributed by atoms with van der Waals surface area (Å²) >= 11 is 0. The van der Waals surface area contributed by atoms with Crippen LogP contribution in [-0.2, 0) is 13.0 Å². The van der Waals surface area contributed by atoms with E-state index in [1.165, 1.54) is 36.9 Å². The average Bonchev–Trinajstić information content (AvgIpc) is 2.94. The minimum Gasteiger partial charge on any atom is -0.313 e. The maximum absolute atomic E-state index is 4.48. The van der Waals surface area contributed by atoms with Gasteiger partial charge in [0.1, 0.15) is 0 Å². The van der Waals surface area contributed by atoms with E-state index in [2.05, 4.69) is 15.1 Å². The second kappa shape index (κ2) is 2.84. The molecule has 0 spiro atoms. The number of aromatic nitrogens is 2. The Kier molecular flexibility index (Phi) is 1.65. The summed E-state index contributed by atoms with van der Waals surface area (Å²) in [7, 11) is 0. The van der Waals surface area contributed by atoms with Crippen LogP contribution in [0.5, 0.6) is 0 Å². The van der Waals surface area contributed by atoms with Crippen molar-refractivity contribution in [1.29, 1.82) is 0 Å². The summed E-state index contributed by atoms with van der Waals surface area (Å²) in [5.41, 5.74) is 2.91. The molecule has 1 aliphatic heterocycles. The van der Waals surface area contributed by atoms with Gasteiger partial charge in [0.05, 0.1) is 12.2 Å². The van der Waals surface area contributed by atoms with E-state index in [1.807, 2.05) is 6.20 Å². The highest BCUT2D eigenvalue weighted by Crippen LogP contribution is 2.36. The van der Waals surface area contributed by atoms with Crippen molar-refractivity contribution in [3.63, 3.8) is 0 Å². The van der Waals surface area contributed by atoms with Crippen LogP contribution < -0.4 is 5.32 Å². The molecule has 1 saturated carbocycles. The molecule has 2 heterocycles. The molecule has 3 heteroatoms. The molecule has 0 radical (unpaired) electrons. The summed E-state index contributed by atoms with van der Waals surface area (Å²) in [5, 5.41) is 7.90. The van der Waals surface area contributed by atoms with Crippen LogP contribution in [0.1, 0.15) is 36.6 Å². The zero-order chi connectivity index (χ0) is 8.67. The monoisotopic (exact) mass is 177 g/mol. The highest BCUT2D eigenvalue weighted by molar-refractivity contribution is 5.20.